The number of anilines is 2. The average Bonchev–Trinajstić information content (AvgIpc) is 3.49. The van der Waals surface area contributed by atoms with Crippen molar-refractivity contribution in [3.63, 3.8) is 0 Å². The van der Waals surface area contributed by atoms with Crippen molar-refractivity contribution < 1.29 is 27.8 Å². The molecule has 42 heavy (non-hydrogen) atoms. The Morgan fingerprint density at radius 2 is 1.93 bits per heavy atom. The molecule has 0 aliphatic carbocycles. The number of aromatic nitrogens is 3. The normalized spacial score (nSPS) is 13.9. The molecular formula is C27H22N6O6S3. The zero-order chi connectivity index (χ0) is 29.6. The summed E-state index contributed by atoms with van der Waals surface area (Å²) in [5.74, 6) is -0.623. The van der Waals surface area contributed by atoms with Gasteiger partial charge in [0.2, 0.25) is 16.6 Å². The second kappa shape index (κ2) is 12.8. The number of aromatic amines is 1. The third-order valence-electron chi connectivity index (χ3n) is 5.51. The summed E-state index contributed by atoms with van der Waals surface area (Å²) in [5, 5.41) is 19.8. The van der Waals surface area contributed by atoms with Crippen LogP contribution in [0.25, 0.3) is 5.69 Å². The molecule has 1 unspecified atom stereocenters. The van der Waals surface area contributed by atoms with E-state index in [-0.39, 0.29) is 39.6 Å². The highest BCUT2D eigenvalue weighted by Gasteiger charge is 2.30. The molecule has 0 radical (unpaired) electrons. The Balaban J connectivity index is 1.31. The number of aliphatic imine (C=N–C) groups is 1. The first-order valence-corrected chi connectivity index (χ1v) is 14.5. The lowest BCUT2D eigenvalue weighted by molar-refractivity contribution is -0.135. The van der Waals surface area contributed by atoms with Gasteiger partial charge in [0, 0.05) is 11.8 Å². The maximum Gasteiger partial charge on any atom is 0.344 e. The van der Waals surface area contributed by atoms with Gasteiger partial charge in [0.25, 0.3) is 0 Å². The first-order chi connectivity index (χ1) is 20.3. The number of aliphatic hydroxyl groups excluding tert-OH is 1. The van der Waals surface area contributed by atoms with Gasteiger partial charge in [-0.05, 0) is 66.8 Å². The fourth-order valence-corrected chi connectivity index (χ4v) is 5.58. The van der Waals surface area contributed by atoms with Crippen molar-refractivity contribution in [1.82, 2.24) is 14.8 Å². The van der Waals surface area contributed by atoms with Gasteiger partial charge in [-0.15, -0.1) is 5.10 Å². The highest BCUT2D eigenvalue weighted by molar-refractivity contribution is 8.14. The van der Waals surface area contributed by atoms with Gasteiger partial charge in [-0.3, -0.25) is 19.4 Å². The van der Waals surface area contributed by atoms with E-state index < -0.39 is 17.2 Å². The molecule has 2 heterocycles. The molecule has 15 heteroatoms. The molecule has 0 saturated carbocycles. The number of carbonyl (C=O) groups is 2. The molecule has 1 aliphatic heterocycles. The van der Waals surface area contributed by atoms with E-state index in [1.807, 2.05) is 30.3 Å². The molecule has 214 valence electrons. The lowest BCUT2D eigenvalue weighted by Gasteiger charge is -2.10. The van der Waals surface area contributed by atoms with Crippen LogP contribution in [0.5, 0.6) is 5.75 Å². The lowest BCUT2D eigenvalue weighted by atomic mass is 10.2. The number of aliphatic hydroxyl groups is 1. The Morgan fingerprint density at radius 3 is 2.62 bits per heavy atom. The van der Waals surface area contributed by atoms with Gasteiger partial charge >= 0.3 is 17.2 Å². The zero-order valence-electron chi connectivity index (χ0n) is 21.8. The number of hydrogen-bond acceptors (Lipinski definition) is 10. The van der Waals surface area contributed by atoms with Gasteiger partial charge in [-0.25, -0.2) is 14.9 Å². The molecule has 1 aromatic heterocycles. The van der Waals surface area contributed by atoms with Crippen LogP contribution in [-0.4, -0.2) is 47.6 Å². The highest BCUT2D eigenvalue weighted by Crippen LogP contribution is 2.31. The minimum Gasteiger partial charge on any atom is -0.508 e. The number of ether oxygens (including phenoxy) is 1. The van der Waals surface area contributed by atoms with E-state index in [1.54, 1.807) is 48.5 Å². The average molecular weight is 623 g/mol. The van der Waals surface area contributed by atoms with E-state index >= 15 is 0 Å². The second-order valence-electron chi connectivity index (χ2n) is 8.56. The number of nitrogens with zero attached hydrogens (tertiary/aromatic N) is 3. The van der Waals surface area contributed by atoms with Crippen molar-refractivity contribution in [1.29, 1.82) is 0 Å². The van der Waals surface area contributed by atoms with Crippen molar-refractivity contribution in [3.8, 4) is 11.4 Å². The minimum atomic E-state index is -1.98. The van der Waals surface area contributed by atoms with Crippen LogP contribution >= 0.6 is 24.0 Å². The molecule has 0 spiro atoms. The molecule has 1 atom stereocenters. The minimum absolute atomic E-state index is 0.00138. The number of carbonyl (C=O) groups excluding carboxylic acids is 2. The standard InChI is InChI=1S/C27H22N6O6S3/c1-16(34)28-26-30-31-27(40)33(26)19-10-12-20(13-11-19)39-42(37)32-18-7-5-6-17(14-18)29-24(23-22(35)15-38-25(23)36)41-21-8-3-2-4-9-21/h2-14,32,35H,15H2,1H3,(H,31,40)(H,28,30,34). The van der Waals surface area contributed by atoms with Crippen molar-refractivity contribution in [2.75, 3.05) is 16.6 Å². The molecule has 4 N–H and O–H groups in total. The van der Waals surface area contributed by atoms with Crippen LogP contribution in [0.1, 0.15) is 6.92 Å². The largest absolute Gasteiger partial charge is 0.508 e. The number of thioether (sulfide) groups is 1. The molecule has 3 aromatic carbocycles. The number of hydrogen-bond donors (Lipinski definition) is 4. The molecular weight excluding hydrogens is 601 g/mol. The van der Waals surface area contributed by atoms with E-state index in [0.717, 1.165) is 4.90 Å². The van der Waals surface area contributed by atoms with E-state index in [4.69, 9.17) is 21.1 Å². The van der Waals surface area contributed by atoms with Gasteiger partial charge in [-0.2, -0.15) is 4.21 Å². The van der Waals surface area contributed by atoms with Crippen LogP contribution in [0.3, 0.4) is 0 Å². The van der Waals surface area contributed by atoms with Crippen LogP contribution < -0.4 is 14.2 Å². The Hall–Kier alpha value is -4.73. The third kappa shape index (κ3) is 6.94. The maximum atomic E-state index is 12.7. The number of nitrogens with one attached hydrogen (secondary N) is 3. The quantitative estimate of drug-likeness (QED) is 0.0651. The molecule has 1 aliphatic rings. The number of cyclic esters (lactones) is 1. The summed E-state index contributed by atoms with van der Waals surface area (Å²) in [4.78, 5) is 29.2. The topological polar surface area (TPSA) is 160 Å². The van der Waals surface area contributed by atoms with Gasteiger partial charge < -0.3 is 14.0 Å². The van der Waals surface area contributed by atoms with Crippen LogP contribution in [0.15, 0.2) is 100 Å². The molecule has 0 saturated heterocycles. The van der Waals surface area contributed by atoms with E-state index in [1.165, 1.54) is 23.3 Å². The van der Waals surface area contributed by atoms with Crippen LogP contribution in [0.4, 0.5) is 17.3 Å². The number of esters is 1. The first-order valence-electron chi connectivity index (χ1n) is 12.2. The fourth-order valence-electron chi connectivity index (χ4n) is 3.73. The molecule has 5 rings (SSSR count). The fraction of sp³-hybridized carbons (Fsp3) is 0.0741. The zero-order valence-corrected chi connectivity index (χ0v) is 24.2. The number of rotatable bonds is 9. The summed E-state index contributed by atoms with van der Waals surface area (Å²) < 4.78 is 27.8. The summed E-state index contributed by atoms with van der Waals surface area (Å²) >= 11 is 4.48. The monoisotopic (exact) mass is 622 g/mol. The Kier molecular flexibility index (Phi) is 8.80. The maximum absolute atomic E-state index is 12.7. The van der Waals surface area contributed by atoms with Gasteiger partial charge in [0.05, 0.1) is 17.1 Å². The third-order valence-corrected chi connectivity index (χ3v) is 7.53. The van der Waals surface area contributed by atoms with Crippen molar-refractivity contribution >= 4 is 69.5 Å². The predicted molar refractivity (Wildman–Crippen MR) is 162 cm³/mol. The van der Waals surface area contributed by atoms with Gasteiger partial charge in [-0.1, -0.05) is 36.0 Å². The summed E-state index contributed by atoms with van der Waals surface area (Å²) in [5.41, 5.74) is 1.47. The lowest BCUT2D eigenvalue weighted by Crippen LogP contribution is -2.12. The summed E-state index contributed by atoms with van der Waals surface area (Å²) in [7, 11) is 0. The van der Waals surface area contributed by atoms with E-state index in [2.05, 4.69) is 25.2 Å². The molecule has 0 bridgehead atoms. The Labute approximate surface area is 251 Å². The SMILES string of the molecule is CC(=O)Nc1n[nH]c(=S)n1-c1ccc(OS(=O)Nc2cccc(N=C(Sc3ccccc3)C3=C(O)COC3=O)c2)cc1. The smallest absolute Gasteiger partial charge is 0.344 e. The van der Waals surface area contributed by atoms with Crippen molar-refractivity contribution in [2.45, 2.75) is 11.8 Å². The Morgan fingerprint density at radius 1 is 1.17 bits per heavy atom. The predicted octanol–water partition coefficient (Wildman–Crippen LogP) is 5.15. The number of benzene rings is 3. The van der Waals surface area contributed by atoms with Crippen LogP contribution in [0, 0.1) is 4.77 Å². The second-order valence-corrected chi connectivity index (χ2v) is 10.9. The first kappa shape index (κ1) is 28.8. The summed E-state index contributed by atoms with van der Waals surface area (Å²) in [6, 6.07) is 22.5. The molecule has 1 amide bonds. The van der Waals surface area contributed by atoms with Gasteiger partial charge in [0.15, 0.2) is 0 Å². The Bertz CT molecular complexity index is 1780. The molecule has 0 fully saturated rings. The molecule has 4 aromatic rings. The van der Waals surface area contributed by atoms with E-state index in [9.17, 15) is 18.9 Å². The van der Waals surface area contributed by atoms with Crippen LogP contribution in [-0.2, 0) is 25.6 Å². The van der Waals surface area contributed by atoms with Crippen LogP contribution in [0.2, 0.25) is 0 Å². The molecule has 12 nitrogen and oxygen atoms in total. The number of amides is 1. The van der Waals surface area contributed by atoms with Gasteiger partial charge in [0.1, 0.15) is 28.7 Å². The van der Waals surface area contributed by atoms with E-state index in [0.29, 0.717) is 22.8 Å². The summed E-state index contributed by atoms with van der Waals surface area (Å²) in [6.45, 7) is 1.15. The van der Waals surface area contributed by atoms with Crippen molar-refractivity contribution in [3.05, 3.63) is 95.0 Å². The highest BCUT2D eigenvalue weighted by atomic mass is 32.2. The number of H-pyrrole nitrogens is 1. The van der Waals surface area contributed by atoms with Crippen molar-refractivity contribution in [2.24, 2.45) is 4.99 Å². The summed E-state index contributed by atoms with van der Waals surface area (Å²) in [6.07, 6.45) is 0.